The molecular formula is C19H22FNO. The Balaban J connectivity index is 2.07. The number of carbonyl (C=O) groups excluding carboxylic acids is 1. The molecule has 0 saturated carbocycles. The predicted octanol–water partition coefficient (Wildman–Crippen LogP) is 4.91. The first-order valence-corrected chi connectivity index (χ1v) is 7.77. The van der Waals surface area contributed by atoms with Gasteiger partial charge in [-0.25, -0.2) is 4.39 Å². The maximum atomic E-state index is 13.0. The second-order valence-electron chi connectivity index (χ2n) is 5.45. The van der Waals surface area contributed by atoms with Crippen LogP contribution >= 0.6 is 0 Å². The molecule has 0 spiro atoms. The van der Waals surface area contributed by atoms with Gasteiger partial charge in [0.15, 0.2) is 0 Å². The standard InChI is InChI=1S/C19H22FNO/c1-2-3-4-15-5-11-18(12-6-15)21-19(13-14-22)16-7-9-17(20)10-8-16/h5-12,14,19,21H,2-4,13H2,1H3. The van der Waals surface area contributed by atoms with Gasteiger partial charge in [-0.15, -0.1) is 0 Å². The van der Waals surface area contributed by atoms with Gasteiger partial charge in [0, 0.05) is 12.1 Å². The highest BCUT2D eigenvalue weighted by atomic mass is 19.1. The maximum absolute atomic E-state index is 13.0. The topological polar surface area (TPSA) is 29.1 Å². The van der Waals surface area contributed by atoms with Crippen LogP contribution in [0.4, 0.5) is 10.1 Å². The normalized spacial score (nSPS) is 11.9. The van der Waals surface area contributed by atoms with E-state index in [1.54, 1.807) is 12.1 Å². The Morgan fingerprint density at radius 3 is 2.36 bits per heavy atom. The number of carbonyl (C=O) groups is 1. The van der Waals surface area contributed by atoms with Crippen molar-refractivity contribution in [2.75, 3.05) is 5.32 Å². The van der Waals surface area contributed by atoms with Crippen molar-refractivity contribution in [1.82, 2.24) is 0 Å². The number of hydrogen-bond donors (Lipinski definition) is 1. The fraction of sp³-hybridized carbons (Fsp3) is 0.316. The Morgan fingerprint density at radius 2 is 1.77 bits per heavy atom. The number of aryl methyl sites for hydroxylation is 1. The molecule has 3 heteroatoms. The number of nitrogens with one attached hydrogen (secondary N) is 1. The van der Waals surface area contributed by atoms with Gasteiger partial charge in [0.25, 0.3) is 0 Å². The van der Waals surface area contributed by atoms with Crippen molar-refractivity contribution < 1.29 is 9.18 Å². The second-order valence-corrected chi connectivity index (χ2v) is 5.45. The first-order valence-electron chi connectivity index (χ1n) is 7.77. The zero-order valence-corrected chi connectivity index (χ0v) is 12.9. The third-order valence-corrected chi connectivity index (χ3v) is 3.72. The van der Waals surface area contributed by atoms with Crippen molar-refractivity contribution >= 4 is 12.0 Å². The average Bonchev–Trinajstić information content (AvgIpc) is 2.54. The smallest absolute Gasteiger partial charge is 0.123 e. The van der Waals surface area contributed by atoms with E-state index in [-0.39, 0.29) is 11.9 Å². The molecule has 0 aliphatic rings. The molecule has 2 nitrogen and oxygen atoms in total. The van der Waals surface area contributed by atoms with Gasteiger partial charge in [-0.05, 0) is 48.2 Å². The van der Waals surface area contributed by atoms with E-state index in [9.17, 15) is 9.18 Å². The van der Waals surface area contributed by atoms with Crippen LogP contribution in [0.2, 0.25) is 0 Å². The highest BCUT2D eigenvalue weighted by Crippen LogP contribution is 2.23. The van der Waals surface area contributed by atoms with Crippen LogP contribution in [-0.4, -0.2) is 6.29 Å². The third-order valence-electron chi connectivity index (χ3n) is 3.72. The van der Waals surface area contributed by atoms with Gasteiger partial charge in [-0.2, -0.15) is 0 Å². The molecule has 0 saturated heterocycles. The number of benzene rings is 2. The fourth-order valence-corrected chi connectivity index (χ4v) is 2.42. The molecule has 1 N–H and O–H groups in total. The van der Waals surface area contributed by atoms with Gasteiger partial charge in [0.05, 0.1) is 6.04 Å². The van der Waals surface area contributed by atoms with Crippen LogP contribution in [-0.2, 0) is 11.2 Å². The quantitative estimate of drug-likeness (QED) is 0.702. The van der Waals surface area contributed by atoms with Crippen LogP contribution in [0.1, 0.15) is 43.4 Å². The Bertz CT molecular complexity index is 577. The van der Waals surface area contributed by atoms with Crippen molar-refractivity contribution in [1.29, 1.82) is 0 Å². The molecule has 0 aliphatic carbocycles. The summed E-state index contributed by atoms with van der Waals surface area (Å²) in [7, 11) is 0. The van der Waals surface area contributed by atoms with E-state index in [1.165, 1.54) is 30.5 Å². The van der Waals surface area contributed by atoms with Gasteiger partial charge in [-0.3, -0.25) is 0 Å². The molecule has 2 aromatic carbocycles. The molecule has 2 rings (SSSR count). The minimum absolute atomic E-state index is 0.139. The number of hydrogen-bond acceptors (Lipinski definition) is 2. The van der Waals surface area contributed by atoms with E-state index < -0.39 is 0 Å². The van der Waals surface area contributed by atoms with E-state index in [2.05, 4.69) is 24.4 Å². The highest BCUT2D eigenvalue weighted by molar-refractivity contribution is 5.55. The maximum Gasteiger partial charge on any atom is 0.123 e. The molecule has 0 fully saturated rings. The van der Waals surface area contributed by atoms with Crippen LogP contribution < -0.4 is 5.32 Å². The van der Waals surface area contributed by atoms with Crippen LogP contribution in [0.25, 0.3) is 0 Å². The van der Waals surface area contributed by atoms with E-state index >= 15 is 0 Å². The van der Waals surface area contributed by atoms with Crippen LogP contribution in [0.15, 0.2) is 48.5 Å². The molecule has 0 radical (unpaired) electrons. The second kappa shape index (κ2) is 8.32. The minimum Gasteiger partial charge on any atom is -0.378 e. The number of unbranched alkanes of at least 4 members (excludes halogenated alkanes) is 1. The van der Waals surface area contributed by atoms with Crippen LogP contribution in [0.5, 0.6) is 0 Å². The lowest BCUT2D eigenvalue weighted by molar-refractivity contribution is -0.108. The molecule has 0 bridgehead atoms. The number of aldehydes is 1. The summed E-state index contributed by atoms with van der Waals surface area (Å²) in [6, 6.07) is 14.4. The first-order chi connectivity index (χ1) is 10.7. The molecule has 0 amide bonds. The molecule has 1 unspecified atom stereocenters. The van der Waals surface area contributed by atoms with Gasteiger partial charge >= 0.3 is 0 Å². The molecule has 2 aromatic rings. The summed E-state index contributed by atoms with van der Waals surface area (Å²) in [4.78, 5) is 10.9. The van der Waals surface area contributed by atoms with E-state index in [4.69, 9.17) is 0 Å². The Hall–Kier alpha value is -2.16. The summed E-state index contributed by atoms with van der Waals surface area (Å²) >= 11 is 0. The average molecular weight is 299 g/mol. The zero-order chi connectivity index (χ0) is 15.8. The Labute approximate surface area is 131 Å². The molecule has 116 valence electrons. The third kappa shape index (κ3) is 4.69. The molecule has 22 heavy (non-hydrogen) atoms. The summed E-state index contributed by atoms with van der Waals surface area (Å²) < 4.78 is 13.0. The summed E-state index contributed by atoms with van der Waals surface area (Å²) in [5, 5.41) is 3.35. The lowest BCUT2D eigenvalue weighted by Gasteiger charge is -2.18. The zero-order valence-electron chi connectivity index (χ0n) is 12.9. The molecule has 0 heterocycles. The lowest BCUT2D eigenvalue weighted by Crippen LogP contribution is -2.11. The Kier molecular flexibility index (Phi) is 6.13. The molecule has 0 aliphatic heterocycles. The van der Waals surface area contributed by atoms with E-state index in [0.717, 1.165) is 24.0 Å². The van der Waals surface area contributed by atoms with E-state index in [1.807, 2.05) is 12.1 Å². The van der Waals surface area contributed by atoms with Gasteiger partial charge in [0.1, 0.15) is 12.1 Å². The van der Waals surface area contributed by atoms with Crippen molar-refractivity contribution in [3.8, 4) is 0 Å². The first kappa shape index (κ1) is 16.2. The van der Waals surface area contributed by atoms with Crippen molar-refractivity contribution in [2.45, 2.75) is 38.6 Å². The molecule has 1 atom stereocenters. The van der Waals surface area contributed by atoms with Gasteiger partial charge < -0.3 is 10.1 Å². The summed E-state index contributed by atoms with van der Waals surface area (Å²) in [5.41, 5.74) is 3.20. The number of anilines is 1. The molecule has 0 aromatic heterocycles. The summed E-state index contributed by atoms with van der Waals surface area (Å²) in [6.45, 7) is 2.18. The highest BCUT2D eigenvalue weighted by Gasteiger charge is 2.11. The summed E-state index contributed by atoms with van der Waals surface area (Å²) in [5.74, 6) is -0.270. The SMILES string of the molecule is CCCCc1ccc(NC(CC=O)c2ccc(F)cc2)cc1. The van der Waals surface area contributed by atoms with Gasteiger partial charge in [0.2, 0.25) is 0 Å². The number of halogens is 1. The van der Waals surface area contributed by atoms with Crippen molar-refractivity contribution in [3.05, 3.63) is 65.5 Å². The van der Waals surface area contributed by atoms with Crippen LogP contribution in [0.3, 0.4) is 0 Å². The number of rotatable bonds is 8. The largest absolute Gasteiger partial charge is 0.378 e. The summed E-state index contributed by atoms with van der Waals surface area (Å²) in [6.07, 6.45) is 4.70. The fourth-order valence-electron chi connectivity index (χ4n) is 2.42. The lowest BCUT2D eigenvalue weighted by atomic mass is 10.0. The minimum atomic E-state index is -0.270. The van der Waals surface area contributed by atoms with E-state index in [0.29, 0.717) is 6.42 Å². The molecular weight excluding hydrogens is 277 g/mol. The van der Waals surface area contributed by atoms with Gasteiger partial charge in [-0.1, -0.05) is 37.6 Å². The predicted molar refractivity (Wildman–Crippen MR) is 88.5 cm³/mol. The van der Waals surface area contributed by atoms with Crippen molar-refractivity contribution in [2.24, 2.45) is 0 Å². The monoisotopic (exact) mass is 299 g/mol. The van der Waals surface area contributed by atoms with Crippen LogP contribution in [0, 0.1) is 5.82 Å². The Morgan fingerprint density at radius 1 is 1.09 bits per heavy atom. The van der Waals surface area contributed by atoms with Crippen molar-refractivity contribution in [3.63, 3.8) is 0 Å².